The highest BCUT2D eigenvalue weighted by Crippen LogP contribution is 2.38. The maximum Gasteiger partial charge on any atom is 0.343 e. The van der Waals surface area contributed by atoms with E-state index in [1.807, 2.05) is 0 Å². The molecule has 0 aromatic heterocycles. The molecule has 13 nitrogen and oxygen atoms in total. The Kier molecular flexibility index (Phi) is 11.7. The van der Waals surface area contributed by atoms with Crippen LogP contribution in [-0.2, 0) is 4.79 Å². The van der Waals surface area contributed by atoms with Crippen LogP contribution in [0, 0.1) is 0 Å². The minimum absolute atomic E-state index is 0.147. The van der Waals surface area contributed by atoms with Gasteiger partial charge in [0.2, 0.25) is 5.75 Å². The molecule has 0 aliphatic carbocycles. The van der Waals surface area contributed by atoms with Crippen molar-refractivity contribution < 1.29 is 47.6 Å². The van der Waals surface area contributed by atoms with Crippen molar-refractivity contribution in [2.75, 3.05) is 33.8 Å². The first kappa shape index (κ1) is 35.0. The van der Waals surface area contributed by atoms with Gasteiger partial charge < -0.3 is 33.7 Å². The van der Waals surface area contributed by atoms with Gasteiger partial charge in [-0.25, -0.2) is 10.2 Å². The molecule has 0 aliphatic heterocycles. The highest BCUT2D eigenvalue weighted by molar-refractivity contribution is 9.10. The van der Waals surface area contributed by atoms with Crippen LogP contribution in [0.2, 0.25) is 0 Å². The summed E-state index contributed by atoms with van der Waals surface area (Å²) in [6.45, 7) is 1.25. The van der Waals surface area contributed by atoms with Gasteiger partial charge in [-0.15, -0.1) is 0 Å². The zero-order valence-corrected chi connectivity index (χ0v) is 28.0. The van der Waals surface area contributed by atoms with E-state index in [1.54, 1.807) is 36.4 Å². The molecule has 48 heavy (non-hydrogen) atoms. The van der Waals surface area contributed by atoms with Crippen molar-refractivity contribution in [3.8, 4) is 34.5 Å². The Hall–Kier alpha value is -5.89. The Morgan fingerprint density at radius 3 is 1.96 bits per heavy atom. The number of esters is 2. The average molecular weight is 721 g/mol. The second kappa shape index (κ2) is 16.1. The number of rotatable bonds is 12. The Balaban J connectivity index is 1.45. The van der Waals surface area contributed by atoms with Crippen molar-refractivity contribution in [3.63, 3.8) is 0 Å². The molecule has 0 unspecified atom stereocenters. The van der Waals surface area contributed by atoms with Crippen LogP contribution in [0.5, 0.6) is 34.5 Å². The average Bonchev–Trinajstić information content (AvgIpc) is 3.08. The van der Waals surface area contributed by atoms with Crippen LogP contribution in [0.15, 0.2) is 82.4 Å². The van der Waals surface area contributed by atoms with Crippen molar-refractivity contribution >= 4 is 51.6 Å². The molecule has 248 valence electrons. The van der Waals surface area contributed by atoms with Gasteiger partial charge in [0.25, 0.3) is 11.8 Å². The molecule has 0 bridgehead atoms. The minimum Gasteiger partial charge on any atom is -0.493 e. The van der Waals surface area contributed by atoms with E-state index in [1.165, 1.54) is 78.0 Å². The third kappa shape index (κ3) is 8.67. The Labute approximate surface area is 283 Å². The molecule has 0 spiro atoms. The van der Waals surface area contributed by atoms with Crippen molar-refractivity contribution in [1.82, 2.24) is 5.43 Å². The van der Waals surface area contributed by atoms with Crippen LogP contribution in [0.3, 0.4) is 0 Å². The maximum atomic E-state index is 13.1. The SMILES string of the molecule is COc1cc(C(=O)Nc2cccc(C(=O)NN=Cc3cc(Br)ccc3OC(=O)c3cc(OC)c(OC)c(OC)c3)c2)ccc1OC(C)=O. The molecule has 2 amide bonds. The molecule has 2 N–H and O–H groups in total. The zero-order chi connectivity index (χ0) is 34.8. The molecule has 4 rings (SSSR count). The van der Waals surface area contributed by atoms with E-state index >= 15 is 0 Å². The number of hydrogen-bond acceptors (Lipinski definition) is 11. The molecule has 0 saturated carbocycles. The molecule has 0 aliphatic rings. The quantitative estimate of drug-likeness (QED) is 0.0811. The Morgan fingerprint density at radius 2 is 1.31 bits per heavy atom. The molecular formula is C34H30BrN3O10. The Morgan fingerprint density at radius 1 is 0.667 bits per heavy atom. The first-order valence-corrected chi connectivity index (χ1v) is 14.8. The summed E-state index contributed by atoms with van der Waals surface area (Å²) >= 11 is 3.39. The van der Waals surface area contributed by atoms with E-state index in [-0.39, 0.29) is 45.4 Å². The minimum atomic E-state index is -0.701. The number of methoxy groups -OCH3 is 4. The first-order chi connectivity index (χ1) is 23.1. The van der Waals surface area contributed by atoms with Gasteiger partial charge in [0.1, 0.15) is 5.75 Å². The molecule has 0 radical (unpaired) electrons. The second-order valence-electron chi connectivity index (χ2n) is 9.68. The van der Waals surface area contributed by atoms with Gasteiger partial charge in [-0.1, -0.05) is 22.0 Å². The van der Waals surface area contributed by atoms with Crippen LogP contribution < -0.4 is 39.2 Å². The molecule has 4 aromatic carbocycles. The summed E-state index contributed by atoms with van der Waals surface area (Å²) in [4.78, 5) is 50.2. The van der Waals surface area contributed by atoms with Crippen molar-refractivity contribution in [1.29, 1.82) is 0 Å². The summed E-state index contributed by atoms with van der Waals surface area (Å²) in [6.07, 6.45) is 1.32. The number of hydrogen-bond donors (Lipinski definition) is 2. The van der Waals surface area contributed by atoms with E-state index in [0.29, 0.717) is 21.5 Å². The summed E-state index contributed by atoms with van der Waals surface area (Å²) in [7, 11) is 5.70. The van der Waals surface area contributed by atoms with Gasteiger partial charge in [-0.3, -0.25) is 14.4 Å². The lowest BCUT2D eigenvalue weighted by atomic mass is 10.1. The van der Waals surface area contributed by atoms with Gasteiger partial charge in [0, 0.05) is 33.8 Å². The fourth-order valence-corrected chi connectivity index (χ4v) is 4.66. The van der Waals surface area contributed by atoms with Gasteiger partial charge in [-0.05, 0) is 66.7 Å². The van der Waals surface area contributed by atoms with Crippen LogP contribution in [0.4, 0.5) is 5.69 Å². The van der Waals surface area contributed by atoms with Gasteiger partial charge >= 0.3 is 11.9 Å². The molecule has 14 heteroatoms. The Bertz CT molecular complexity index is 1870. The number of carbonyl (C=O) groups excluding carboxylic acids is 4. The molecule has 0 fully saturated rings. The first-order valence-electron chi connectivity index (χ1n) is 14.0. The highest BCUT2D eigenvalue weighted by atomic mass is 79.9. The summed E-state index contributed by atoms with van der Waals surface area (Å²) in [5, 5.41) is 6.75. The summed E-state index contributed by atoms with van der Waals surface area (Å²) < 4.78 is 32.6. The molecule has 0 saturated heterocycles. The van der Waals surface area contributed by atoms with Crippen LogP contribution in [-0.4, -0.2) is 58.4 Å². The van der Waals surface area contributed by atoms with Crippen LogP contribution in [0.1, 0.15) is 43.6 Å². The van der Waals surface area contributed by atoms with E-state index in [4.69, 9.17) is 28.4 Å². The van der Waals surface area contributed by atoms with Crippen molar-refractivity contribution in [2.24, 2.45) is 5.10 Å². The number of halogens is 1. The monoisotopic (exact) mass is 719 g/mol. The van der Waals surface area contributed by atoms with Gasteiger partial charge in [0.05, 0.1) is 40.2 Å². The van der Waals surface area contributed by atoms with E-state index < -0.39 is 23.8 Å². The topological polar surface area (TPSA) is 160 Å². The van der Waals surface area contributed by atoms with Crippen LogP contribution in [0.25, 0.3) is 0 Å². The molecule has 0 heterocycles. The summed E-state index contributed by atoms with van der Waals surface area (Å²) in [5.74, 6) is -0.860. The standard InChI is InChI=1S/C34H30BrN3O10/c1-19(39)47-27-11-9-21(15-28(27)43-2)32(40)37-25-8-6-7-20(14-25)33(41)38-36-18-23-13-24(35)10-12-26(23)48-34(42)22-16-29(44-3)31(46-5)30(17-22)45-4/h6-18H,1-5H3,(H,37,40)(H,38,41). The fraction of sp³-hybridized carbons (Fsp3) is 0.147. The van der Waals surface area contributed by atoms with Crippen molar-refractivity contribution in [3.05, 3.63) is 99.5 Å². The van der Waals surface area contributed by atoms with Gasteiger partial charge in [-0.2, -0.15) is 5.10 Å². The fourth-order valence-electron chi connectivity index (χ4n) is 4.29. The number of benzene rings is 4. The second-order valence-corrected chi connectivity index (χ2v) is 10.6. The van der Waals surface area contributed by atoms with Crippen molar-refractivity contribution in [2.45, 2.75) is 6.92 Å². The number of anilines is 1. The number of ether oxygens (including phenoxy) is 6. The third-order valence-electron chi connectivity index (χ3n) is 6.51. The lowest BCUT2D eigenvalue weighted by Gasteiger charge is -2.14. The summed E-state index contributed by atoms with van der Waals surface area (Å²) in [5.41, 5.74) is 3.73. The lowest BCUT2D eigenvalue weighted by molar-refractivity contribution is -0.132. The number of hydrazone groups is 1. The zero-order valence-electron chi connectivity index (χ0n) is 26.4. The molecule has 0 atom stereocenters. The maximum absolute atomic E-state index is 13.1. The molecule has 4 aromatic rings. The number of carbonyl (C=O) groups is 4. The molecular weight excluding hydrogens is 690 g/mol. The van der Waals surface area contributed by atoms with Crippen LogP contribution >= 0.6 is 15.9 Å². The number of nitrogens with one attached hydrogen (secondary N) is 2. The number of amides is 2. The predicted molar refractivity (Wildman–Crippen MR) is 179 cm³/mol. The predicted octanol–water partition coefficient (Wildman–Crippen LogP) is 5.64. The smallest absolute Gasteiger partial charge is 0.343 e. The normalized spacial score (nSPS) is 10.5. The van der Waals surface area contributed by atoms with E-state index in [2.05, 4.69) is 31.8 Å². The van der Waals surface area contributed by atoms with E-state index in [0.717, 1.165) is 0 Å². The highest BCUT2D eigenvalue weighted by Gasteiger charge is 2.20. The largest absolute Gasteiger partial charge is 0.493 e. The summed E-state index contributed by atoms with van der Waals surface area (Å²) in [6, 6.07) is 18.4. The van der Waals surface area contributed by atoms with E-state index in [9.17, 15) is 19.2 Å². The lowest BCUT2D eigenvalue weighted by Crippen LogP contribution is -2.18. The third-order valence-corrected chi connectivity index (χ3v) is 7.00. The van der Waals surface area contributed by atoms with Gasteiger partial charge in [0.15, 0.2) is 23.0 Å². The number of nitrogens with zero attached hydrogens (tertiary/aromatic N) is 1.